The van der Waals surface area contributed by atoms with E-state index in [1.54, 1.807) is 0 Å². The van der Waals surface area contributed by atoms with Gasteiger partial charge in [0.05, 0.1) is 30.8 Å². The van der Waals surface area contributed by atoms with Crippen molar-refractivity contribution < 1.29 is 9.47 Å². The smallest absolute Gasteiger partial charge is 0.181 e. The van der Waals surface area contributed by atoms with E-state index < -0.39 is 0 Å². The Hall–Kier alpha value is -2.45. The Morgan fingerprint density at radius 2 is 1.89 bits per heavy atom. The van der Waals surface area contributed by atoms with E-state index in [9.17, 15) is 0 Å². The van der Waals surface area contributed by atoms with E-state index in [2.05, 4.69) is 37.2 Å². The van der Waals surface area contributed by atoms with Crippen molar-refractivity contribution in [2.75, 3.05) is 44.4 Å². The van der Waals surface area contributed by atoms with Crippen LogP contribution in [0, 0.1) is 12.8 Å². The second-order valence-corrected chi connectivity index (χ2v) is 7.60. The number of nitrogens with zero attached hydrogens (tertiary/aromatic N) is 6. The molecule has 2 fully saturated rings. The Bertz CT molecular complexity index is 953. The van der Waals surface area contributed by atoms with Gasteiger partial charge < -0.3 is 14.4 Å². The third-order valence-corrected chi connectivity index (χ3v) is 5.70. The van der Waals surface area contributed by atoms with Crippen LogP contribution in [0.1, 0.15) is 18.5 Å². The Morgan fingerprint density at radius 1 is 1.11 bits per heavy atom. The minimum atomic E-state index is 0.641. The summed E-state index contributed by atoms with van der Waals surface area (Å²) in [5.74, 6) is 1.57. The molecule has 0 N–H and O–H groups in total. The van der Waals surface area contributed by atoms with Gasteiger partial charge in [-0.05, 0) is 25.7 Å². The number of hydrogen-bond donors (Lipinski definition) is 0. The van der Waals surface area contributed by atoms with Gasteiger partial charge in [0.2, 0.25) is 0 Å². The highest BCUT2D eigenvalue weighted by Gasteiger charge is 2.21. The average molecular weight is 382 g/mol. The molecule has 0 bridgehead atoms. The van der Waals surface area contributed by atoms with Crippen molar-refractivity contribution in [3.8, 4) is 11.3 Å². The van der Waals surface area contributed by atoms with Crippen molar-refractivity contribution >= 4 is 11.5 Å². The van der Waals surface area contributed by atoms with E-state index in [0.29, 0.717) is 5.92 Å². The fourth-order valence-electron chi connectivity index (χ4n) is 4.20. The topological polar surface area (TPSA) is 69.7 Å². The molecule has 3 aromatic heterocycles. The second-order valence-electron chi connectivity index (χ2n) is 7.60. The highest BCUT2D eigenvalue weighted by Crippen LogP contribution is 2.29. The van der Waals surface area contributed by atoms with Crippen molar-refractivity contribution in [3.05, 3.63) is 30.5 Å². The molecule has 0 amide bonds. The van der Waals surface area contributed by atoms with Crippen LogP contribution in [0.15, 0.2) is 24.8 Å². The molecule has 2 aliphatic heterocycles. The van der Waals surface area contributed by atoms with Gasteiger partial charge in [0.25, 0.3) is 0 Å². The van der Waals surface area contributed by atoms with Gasteiger partial charge in [-0.3, -0.25) is 9.08 Å². The lowest BCUT2D eigenvalue weighted by atomic mass is 10.0. The van der Waals surface area contributed by atoms with Crippen LogP contribution >= 0.6 is 0 Å². The molecule has 8 nitrogen and oxygen atoms in total. The molecule has 148 valence electrons. The monoisotopic (exact) mass is 382 g/mol. The molecule has 5 heterocycles. The van der Waals surface area contributed by atoms with E-state index in [4.69, 9.17) is 14.5 Å². The largest absolute Gasteiger partial charge is 0.381 e. The van der Waals surface area contributed by atoms with E-state index in [0.717, 1.165) is 87.3 Å². The molecule has 0 spiro atoms. The fourth-order valence-corrected chi connectivity index (χ4v) is 4.20. The Morgan fingerprint density at radius 3 is 2.71 bits per heavy atom. The number of anilines is 1. The van der Waals surface area contributed by atoms with Crippen LogP contribution in [-0.4, -0.2) is 63.7 Å². The quantitative estimate of drug-likeness (QED) is 0.689. The lowest BCUT2D eigenvalue weighted by Crippen LogP contribution is -2.37. The first kappa shape index (κ1) is 17.6. The summed E-state index contributed by atoms with van der Waals surface area (Å²) in [5, 5.41) is 4.62. The van der Waals surface area contributed by atoms with Gasteiger partial charge in [-0.25, -0.2) is 9.97 Å². The van der Waals surface area contributed by atoms with Crippen LogP contribution in [0.25, 0.3) is 16.9 Å². The number of morpholine rings is 1. The first-order valence-corrected chi connectivity index (χ1v) is 10.1. The standard InChI is InChI=1S/C20H26N6O2/c1-15-18(17-12-22-25(14-17)13-16-2-8-27-9-3-16)26-5-4-21-19(20(26)23-15)24-6-10-28-11-7-24/h4-5,12,14,16H,2-3,6-11,13H2,1H3. The molecule has 5 rings (SSSR count). The lowest BCUT2D eigenvalue weighted by molar-refractivity contribution is 0.0601. The lowest BCUT2D eigenvalue weighted by Gasteiger charge is -2.27. The maximum atomic E-state index is 5.48. The van der Waals surface area contributed by atoms with Crippen LogP contribution in [0.3, 0.4) is 0 Å². The molecule has 0 aromatic carbocycles. The van der Waals surface area contributed by atoms with Crippen LogP contribution in [0.4, 0.5) is 5.82 Å². The molecular weight excluding hydrogens is 356 g/mol. The van der Waals surface area contributed by atoms with E-state index in [-0.39, 0.29) is 0 Å². The van der Waals surface area contributed by atoms with Crippen LogP contribution < -0.4 is 4.90 Å². The molecule has 3 aromatic rings. The first-order chi connectivity index (χ1) is 13.8. The summed E-state index contributed by atoms with van der Waals surface area (Å²) < 4.78 is 15.2. The summed E-state index contributed by atoms with van der Waals surface area (Å²) in [5.41, 5.74) is 4.07. The van der Waals surface area contributed by atoms with Gasteiger partial charge >= 0.3 is 0 Å². The predicted molar refractivity (Wildman–Crippen MR) is 106 cm³/mol. The highest BCUT2D eigenvalue weighted by atomic mass is 16.5. The van der Waals surface area contributed by atoms with Crippen molar-refractivity contribution in [1.29, 1.82) is 0 Å². The number of aromatic nitrogens is 5. The molecule has 0 saturated carbocycles. The van der Waals surface area contributed by atoms with E-state index >= 15 is 0 Å². The molecule has 2 saturated heterocycles. The number of fused-ring (bicyclic) bond motifs is 1. The summed E-state index contributed by atoms with van der Waals surface area (Å²) in [6.45, 7) is 7.88. The Kier molecular flexibility index (Phi) is 4.74. The molecule has 0 radical (unpaired) electrons. The molecule has 0 aliphatic carbocycles. The first-order valence-electron chi connectivity index (χ1n) is 10.1. The third kappa shape index (κ3) is 3.27. The summed E-state index contributed by atoms with van der Waals surface area (Å²) >= 11 is 0. The summed E-state index contributed by atoms with van der Waals surface area (Å²) in [4.78, 5) is 11.7. The van der Waals surface area contributed by atoms with Crippen molar-refractivity contribution in [2.45, 2.75) is 26.3 Å². The summed E-state index contributed by atoms with van der Waals surface area (Å²) in [6.07, 6.45) is 10.2. The van der Waals surface area contributed by atoms with E-state index in [1.165, 1.54) is 0 Å². The number of rotatable bonds is 4. The van der Waals surface area contributed by atoms with Crippen LogP contribution in [0.5, 0.6) is 0 Å². The van der Waals surface area contributed by atoms with Crippen molar-refractivity contribution in [2.24, 2.45) is 5.92 Å². The maximum absolute atomic E-state index is 5.48. The average Bonchev–Trinajstić information content (AvgIpc) is 3.32. The number of imidazole rings is 1. The maximum Gasteiger partial charge on any atom is 0.181 e. The highest BCUT2D eigenvalue weighted by molar-refractivity contribution is 5.73. The molecular formula is C20H26N6O2. The summed E-state index contributed by atoms with van der Waals surface area (Å²) in [7, 11) is 0. The third-order valence-electron chi connectivity index (χ3n) is 5.70. The Balaban J connectivity index is 1.47. The SMILES string of the molecule is Cc1nc2c(N3CCOCC3)nccn2c1-c1cnn(CC2CCOCC2)c1. The predicted octanol–water partition coefficient (Wildman–Crippen LogP) is 2.16. The Labute approximate surface area is 164 Å². The molecule has 0 atom stereocenters. The number of hydrogen-bond acceptors (Lipinski definition) is 6. The van der Waals surface area contributed by atoms with Crippen molar-refractivity contribution in [3.63, 3.8) is 0 Å². The zero-order chi connectivity index (χ0) is 18.9. The fraction of sp³-hybridized carbons (Fsp3) is 0.550. The number of ether oxygens (including phenoxy) is 2. The normalized spacial score (nSPS) is 18.8. The van der Waals surface area contributed by atoms with Gasteiger partial charge in [-0.15, -0.1) is 0 Å². The van der Waals surface area contributed by atoms with Gasteiger partial charge in [-0.1, -0.05) is 0 Å². The minimum absolute atomic E-state index is 0.641. The van der Waals surface area contributed by atoms with Gasteiger partial charge in [0, 0.05) is 57.0 Å². The van der Waals surface area contributed by atoms with Gasteiger partial charge in [0.1, 0.15) is 0 Å². The zero-order valence-electron chi connectivity index (χ0n) is 16.3. The zero-order valence-corrected chi connectivity index (χ0v) is 16.3. The minimum Gasteiger partial charge on any atom is -0.381 e. The molecule has 28 heavy (non-hydrogen) atoms. The van der Waals surface area contributed by atoms with Crippen LogP contribution in [-0.2, 0) is 16.0 Å². The molecule has 2 aliphatic rings. The van der Waals surface area contributed by atoms with Crippen LogP contribution in [0.2, 0.25) is 0 Å². The number of aryl methyl sites for hydroxylation is 1. The second kappa shape index (κ2) is 7.52. The van der Waals surface area contributed by atoms with Crippen molar-refractivity contribution in [1.82, 2.24) is 24.1 Å². The molecule has 0 unspecified atom stereocenters. The van der Waals surface area contributed by atoms with E-state index in [1.807, 2.05) is 18.6 Å². The summed E-state index contributed by atoms with van der Waals surface area (Å²) in [6, 6.07) is 0. The molecule has 8 heteroatoms. The van der Waals surface area contributed by atoms with Gasteiger partial charge in [-0.2, -0.15) is 5.10 Å². The van der Waals surface area contributed by atoms with Gasteiger partial charge in [0.15, 0.2) is 11.5 Å².